The second kappa shape index (κ2) is 8.36. The fourth-order valence-electron chi connectivity index (χ4n) is 1.71. The first kappa shape index (κ1) is 16.3. The van der Waals surface area contributed by atoms with Gasteiger partial charge in [0.05, 0.1) is 11.8 Å². The summed E-state index contributed by atoms with van der Waals surface area (Å²) in [4.78, 5) is 12.0. The maximum absolute atomic E-state index is 12.0. The van der Waals surface area contributed by atoms with Gasteiger partial charge in [-0.15, -0.1) is 0 Å². The van der Waals surface area contributed by atoms with Crippen molar-refractivity contribution in [2.75, 3.05) is 13.2 Å². The minimum atomic E-state index is -0.103. The second-order valence-electron chi connectivity index (χ2n) is 4.37. The zero-order chi connectivity index (χ0) is 15.1. The number of amides is 1. The van der Waals surface area contributed by atoms with Gasteiger partial charge in [0.15, 0.2) is 0 Å². The van der Waals surface area contributed by atoms with Gasteiger partial charge in [-0.3, -0.25) is 4.79 Å². The number of carbonyl (C=O) groups excluding carboxylic acids is 1. The lowest BCUT2D eigenvalue weighted by molar-refractivity contribution is 0.0916. The van der Waals surface area contributed by atoms with Crippen LogP contribution in [0.2, 0.25) is 0 Å². The Morgan fingerprint density at radius 2 is 2.14 bits per heavy atom. The summed E-state index contributed by atoms with van der Waals surface area (Å²) in [6.45, 7) is 1.59. The summed E-state index contributed by atoms with van der Waals surface area (Å²) >= 11 is 6.73. The van der Waals surface area contributed by atoms with E-state index in [0.717, 1.165) is 21.1 Å². The Bertz CT molecular complexity index is 585. The van der Waals surface area contributed by atoms with E-state index < -0.39 is 0 Å². The summed E-state index contributed by atoms with van der Waals surface area (Å²) in [5.41, 5.74) is 0.612. The molecule has 4 nitrogen and oxygen atoms in total. The summed E-state index contributed by atoms with van der Waals surface area (Å²) in [5.74, 6) is 0.700. The lowest BCUT2D eigenvalue weighted by Crippen LogP contribution is -2.25. The molecule has 2 aromatic rings. The maximum atomic E-state index is 12.0. The third kappa shape index (κ3) is 5.30. The first-order valence-corrected chi connectivity index (χ1v) is 8.09. The van der Waals surface area contributed by atoms with Gasteiger partial charge in [-0.2, -0.15) is 0 Å². The smallest absolute Gasteiger partial charge is 0.252 e. The molecule has 0 unspecified atom stereocenters. The average molecular weight is 417 g/mol. The van der Waals surface area contributed by atoms with Crippen LogP contribution >= 0.6 is 31.9 Å². The van der Waals surface area contributed by atoms with E-state index in [0.29, 0.717) is 25.3 Å². The summed E-state index contributed by atoms with van der Waals surface area (Å²) in [6, 6.07) is 9.20. The molecule has 0 aliphatic heterocycles. The van der Waals surface area contributed by atoms with Crippen molar-refractivity contribution in [2.45, 2.75) is 13.0 Å². The van der Waals surface area contributed by atoms with E-state index in [1.807, 2.05) is 24.3 Å². The average Bonchev–Trinajstić information content (AvgIpc) is 2.98. The molecule has 0 saturated carbocycles. The highest BCUT2D eigenvalue weighted by Gasteiger charge is 2.09. The number of carbonyl (C=O) groups is 1. The van der Waals surface area contributed by atoms with Crippen LogP contribution in [0.3, 0.4) is 0 Å². The number of furan rings is 1. The van der Waals surface area contributed by atoms with Gasteiger partial charge in [0, 0.05) is 22.1 Å². The van der Waals surface area contributed by atoms with Crippen molar-refractivity contribution in [3.63, 3.8) is 0 Å². The first-order chi connectivity index (χ1) is 10.2. The molecule has 0 spiro atoms. The molecule has 21 heavy (non-hydrogen) atoms. The Morgan fingerprint density at radius 1 is 1.29 bits per heavy atom. The molecule has 112 valence electrons. The summed E-state index contributed by atoms with van der Waals surface area (Å²) in [7, 11) is 0. The van der Waals surface area contributed by atoms with Crippen LogP contribution in [0.1, 0.15) is 22.5 Å². The zero-order valence-electron chi connectivity index (χ0n) is 11.3. The van der Waals surface area contributed by atoms with Gasteiger partial charge >= 0.3 is 0 Å². The number of ether oxygens (including phenoxy) is 1. The van der Waals surface area contributed by atoms with E-state index in [9.17, 15) is 4.79 Å². The van der Waals surface area contributed by atoms with Crippen molar-refractivity contribution < 1.29 is 13.9 Å². The van der Waals surface area contributed by atoms with Crippen LogP contribution in [-0.2, 0) is 11.3 Å². The van der Waals surface area contributed by atoms with Crippen LogP contribution in [-0.4, -0.2) is 19.1 Å². The minimum absolute atomic E-state index is 0.103. The molecular formula is C15H15Br2NO3. The highest BCUT2D eigenvalue weighted by Crippen LogP contribution is 2.21. The zero-order valence-corrected chi connectivity index (χ0v) is 14.4. The van der Waals surface area contributed by atoms with Crippen molar-refractivity contribution >= 4 is 37.8 Å². The topological polar surface area (TPSA) is 51.5 Å². The van der Waals surface area contributed by atoms with Gasteiger partial charge in [0.25, 0.3) is 5.91 Å². The van der Waals surface area contributed by atoms with E-state index in [-0.39, 0.29) is 5.91 Å². The molecule has 0 radical (unpaired) electrons. The molecule has 1 aromatic heterocycles. The molecule has 2 rings (SSSR count). The molecular weight excluding hydrogens is 402 g/mol. The van der Waals surface area contributed by atoms with Crippen LogP contribution in [0.5, 0.6) is 0 Å². The van der Waals surface area contributed by atoms with Gasteiger partial charge in [-0.05, 0) is 52.7 Å². The Hall–Kier alpha value is -1.11. The summed E-state index contributed by atoms with van der Waals surface area (Å²) in [6.07, 6.45) is 2.37. The van der Waals surface area contributed by atoms with Crippen LogP contribution in [0.25, 0.3) is 0 Å². The van der Waals surface area contributed by atoms with Crippen molar-refractivity contribution in [3.05, 3.63) is 56.9 Å². The van der Waals surface area contributed by atoms with E-state index in [2.05, 4.69) is 37.2 Å². The fourth-order valence-corrected chi connectivity index (χ4v) is 2.50. The van der Waals surface area contributed by atoms with Crippen molar-refractivity contribution in [2.24, 2.45) is 0 Å². The molecule has 0 fully saturated rings. The normalized spacial score (nSPS) is 10.6. The summed E-state index contributed by atoms with van der Waals surface area (Å²) in [5, 5.41) is 2.87. The number of halogens is 2. The predicted octanol–water partition coefficient (Wildman–Crippen LogP) is 4.14. The molecule has 1 heterocycles. The van der Waals surface area contributed by atoms with E-state index >= 15 is 0 Å². The second-order valence-corrected chi connectivity index (χ2v) is 6.14. The minimum Gasteiger partial charge on any atom is -0.467 e. The molecule has 0 aliphatic rings. The lowest BCUT2D eigenvalue weighted by Gasteiger charge is -2.07. The SMILES string of the molecule is O=C(NCCCOCc1ccco1)c1cc(Br)ccc1Br. The number of rotatable bonds is 7. The molecule has 1 amide bonds. The largest absolute Gasteiger partial charge is 0.467 e. The predicted molar refractivity (Wildman–Crippen MR) is 87.2 cm³/mol. The molecule has 0 saturated heterocycles. The van der Waals surface area contributed by atoms with Crippen molar-refractivity contribution in [1.82, 2.24) is 5.32 Å². The molecule has 6 heteroatoms. The monoisotopic (exact) mass is 415 g/mol. The van der Waals surface area contributed by atoms with Gasteiger partial charge in [-0.1, -0.05) is 15.9 Å². The van der Waals surface area contributed by atoms with Crippen LogP contribution in [0.15, 0.2) is 50.0 Å². The van der Waals surface area contributed by atoms with Crippen LogP contribution in [0, 0.1) is 0 Å². The van der Waals surface area contributed by atoms with E-state index in [1.54, 1.807) is 12.3 Å². The van der Waals surface area contributed by atoms with Gasteiger partial charge in [0.2, 0.25) is 0 Å². The number of nitrogens with one attached hydrogen (secondary N) is 1. The standard InChI is InChI=1S/C15H15Br2NO3/c16-11-4-5-14(17)13(9-11)15(19)18-6-2-7-20-10-12-3-1-8-21-12/h1,3-5,8-9H,2,6-7,10H2,(H,18,19). The van der Waals surface area contributed by atoms with Crippen molar-refractivity contribution in [3.8, 4) is 0 Å². The Balaban J connectivity index is 1.66. The number of hydrogen-bond acceptors (Lipinski definition) is 3. The first-order valence-electron chi connectivity index (χ1n) is 6.50. The van der Waals surface area contributed by atoms with Crippen molar-refractivity contribution in [1.29, 1.82) is 0 Å². The van der Waals surface area contributed by atoms with E-state index in [4.69, 9.17) is 9.15 Å². The van der Waals surface area contributed by atoms with Crippen LogP contribution in [0.4, 0.5) is 0 Å². The highest BCUT2D eigenvalue weighted by molar-refractivity contribution is 9.11. The maximum Gasteiger partial charge on any atom is 0.252 e. The molecule has 0 atom stereocenters. The Labute approximate surface area is 140 Å². The highest BCUT2D eigenvalue weighted by atomic mass is 79.9. The third-order valence-electron chi connectivity index (χ3n) is 2.75. The number of hydrogen-bond donors (Lipinski definition) is 1. The number of benzene rings is 1. The Kier molecular flexibility index (Phi) is 6.48. The molecule has 0 bridgehead atoms. The lowest BCUT2D eigenvalue weighted by atomic mass is 10.2. The Morgan fingerprint density at radius 3 is 2.90 bits per heavy atom. The molecule has 1 aromatic carbocycles. The fraction of sp³-hybridized carbons (Fsp3) is 0.267. The summed E-state index contributed by atoms with van der Waals surface area (Å²) < 4.78 is 12.3. The van der Waals surface area contributed by atoms with Crippen LogP contribution < -0.4 is 5.32 Å². The van der Waals surface area contributed by atoms with Gasteiger partial charge in [0.1, 0.15) is 12.4 Å². The molecule has 1 N–H and O–H groups in total. The van der Waals surface area contributed by atoms with Gasteiger partial charge < -0.3 is 14.5 Å². The quantitative estimate of drug-likeness (QED) is 0.690. The van der Waals surface area contributed by atoms with Gasteiger partial charge in [-0.25, -0.2) is 0 Å². The third-order valence-corrected chi connectivity index (χ3v) is 3.93. The molecule has 0 aliphatic carbocycles. The van der Waals surface area contributed by atoms with E-state index in [1.165, 1.54) is 0 Å².